The summed E-state index contributed by atoms with van der Waals surface area (Å²) in [7, 11) is 0. The summed E-state index contributed by atoms with van der Waals surface area (Å²) < 4.78 is 5.95. The normalized spacial score (nSPS) is 16.2. The average molecular weight is 266 g/mol. The number of halogens is 1. The third-order valence-electron chi connectivity index (χ3n) is 3.10. The summed E-state index contributed by atoms with van der Waals surface area (Å²) in [4.78, 5) is 0. The molecule has 1 aliphatic rings. The van der Waals surface area contributed by atoms with E-state index in [-0.39, 0.29) is 18.5 Å². The van der Waals surface area contributed by atoms with Gasteiger partial charge in [-0.25, -0.2) is 0 Å². The maximum atomic E-state index is 5.95. The van der Waals surface area contributed by atoms with Gasteiger partial charge in [0.1, 0.15) is 6.10 Å². The largest absolute Gasteiger partial charge is 0.473 e. The lowest BCUT2D eigenvalue weighted by Gasteiger charge is -2.23. The lowest BCUT2D eigenvalue weighted by Crippen LogP contribution is -2.34. The summed E-state index contributed by atoms with van der Waals surface area (Å²) in [5.41, 5.74) is 0. The second-order valence-electron chi connectivity index (χ2n) is 4.30. The Hall–Kier alpha value is -1.39. The van der Waals surface area contributed by atoms with Gasteiger partial charge in [-0.15, -0.1) is 17.5 Å². The number of fused-ring (bicyclic) bond motifs is 1. The van der Waals surface area contributed by atoms with Crippen molar-refractivity contribution in [3.63, 3.8) is 0 Å². The zero-order valence-electron chi connectivity index (χ0n) is 10.0. The number of ether oxygens (including phenoxy) is 1. The highest BCUT2D eigenvalue weighted by Gasteiger charge is 2.16. The number of hydrogen-bond acceptors (Lipinski definition) is 4. The highest BCUT2D eigenvalue weighted by molar-refractivity contribution is 5.86. The molecule has 1 saturated heterocycles. The van der Waals surface area contributed by atoms with Gasteiger partial charge in [0.15, 0.2) is 0 Å². The number of piperidine rings is 1. The first-order chi connectivity index (χ1) is 8.43. The molecule has 1 aromatic heterocycles. The lowest BCUT2D eigenvalue weighted by molar-refractivity contribution is 0.157. The molecule has 3 rings (SSSR count). The average Bonchev–Trinajstić information content (AvgIpc) is 2.40. The monoisotopic (exact) mass is 265 g/mol. The Morgan fingerprint density at radius 3 is 2.78 bits per heavy atom. The minimum atomic E-state index is 0. The van der Waals surface area contributed by atoms with Crippen molar-refractivity contribution in [1.29, 1.82) is 0 Å². The third-order valence-corrected chi connectivity index (χ3v) is 3.10. The number of aromatic nitrogens is 2. The van der Waals surface area contributed by atoms with Crippen molar-refractivity contribution in [3.8, 4) is 5.88 Å². The van der Waals surface area contributed by atoms with Crippen LogP contribution in [-0.4, -0.2) is 29.4 Å². The zero-order valence-corrected chi connectivity index (χ0v) is 10.8. The van der Waals surface area contributed by atoms with Gasteiger partial charge in [-0.3, -0.25) is 0 Å². The molecule has 0 unspecified atom stereocenters. The fourth-order valence-corrected chi connectivity index (χ4v) is 2.16. The van der Waals surface area contributed by atoms with E-state index in [0.29, 0.717) is 5.88 Å². The quantitative estimate of drug-likeness (QED) is 0.904. The van der Waals surface area contributed by atoms with Gasteiger partial charge < -0.3 is 10.1 Å². The summed E-state index contributed by atoms with van der Waals surface area (Å²) in [5.74, 6) is 0.662. The van der Waals surface area contributed by atoms with Gasteiger partial charge in [0.05, 0.1) is 6.20 Å². The Bertz CT molecular complexity index is 509. The predicted molar refractivity (Wildman–Crippen MR) is 73.3 cm³/mol. The van der Waals surface area contributed by atoms with Gasteiger partial charge in [-0.1, -0.05) is 18.2 Å². The summed E-state index contributed by atoms with van der Waals surface area (Å²) >= 11 is 0. The number of nitrogens with one attached hydrogen (secondary N) is 1. The van der Waals surface area contributed by atoms with Crippen LogP contribution in [0.3, 0.4) is 0 Å². The van der Waals surface area contributed by atoms with Gasteiger partial charge in [0.25, 0.3) is 0 Å². The molecule has 0 aliphatic carbocycles. The summed E-state index contributed by atoms with van der Waals surface area (Å²) in [6.07, 6.45) is 4.09. The third kappa shape index (κ3) is 2.71. The second-order valence-corrected chi connectivity index (χ2v) is 4.30. The second kappa shape index (κ2) is 5.98. The number of hydrogen-bond donors (Lipinski definition) is 1. The Balaban J connectivity index is 0.00000120. The standard InChI is InChI=1S/C13H15N3O.ClH/c1-2-4-12-10(3-1)9-15-16-13(12)17-11-5-7-14-8-6-11;/h1-4,9,11,14H,5-8H2;1H. The molecule has 2 heterocycles. The number of nitrogens with zero attached hydrogens (tertiary/aromatic N) is 2. The van der Waals surface area contributed by atoms with Crippen molar-refractivity contribution in [2.45, 2.75) is 18.9 Å². The van der Waals surface area contributed by atoms with Crippen molar-refractivity contribution in [2.24, 2.45) is 0 Å². The van der Waals surface area contributed by atoms with Crippen LogP contribution < -0.4 is 10.1 Å². The van der Waals surface area contributed by atoms with E-state index in [1.54, 1.807) is 6.20 Å². The minimum Gasteiger partial charge on any atom is -0.473 e. The molecule has 1 N–H and O–H groups in total. The Labute approximate surface area is 112 Å². The molecule has 0 amide bonds. The molecule has 0 saturated carbocycles. The topological polar surface area (TPSA) is 47.0 Å². The van der Waals surface area contributed by atoms with E-state index in [0.717, 1.165) is 36.7 Å². The molecule has 1 fully saturated rings. The molecule has 18 heavy (non-hydrogen) atoms. The first-order valence-electron chi connectivity index (χ1n) is 6.01. The van der Waals surface area contributed by atoms with E-state index in [1.165, 1.54) is 0 Å². The predicted octanol–water partition coefficient (Wildman–Crippen LogP) is 2.18. The van der Waals surface area contributed by atoms with Crippen LogP contribution in [0.25, 0.3) is 10.8 Å². The van der Waals surface area contributed by atoms with Crippen LogP contribution in [0.4, 0.5) is 0 Å². The van der Waals surface area contributed by atoms with Crippen molar-refractivity contribution in [1.82, 2.24) is 15.5 Å². The van der Waals surface area contributed by atoms with E-state index < -0.39 is 0 Å². The summed E-state index contributed by atoms with van der Waals surface area (Å²) in [6.45, 7) is 2.03. The van der Waals surface area contributed by atoms with Crippen molar-refractivity contribution < 1.29 is 4.74 Å². The van der Waals surface area contributed by atoms with Crippen LogP contribution in [0, 0.1) is 0 Å². The van der Waals surface area contributed by atoms with Crippen LogP contribution >= 0.6 is 12.4 Å². The van der Waals surface area contributed by atoms with Crippen LogP contribution in [0.5, 0.6) is 5.88 Å². The van der Waals surface area contributed by atoms with Gasteiger partial charge >= 0.3 is 0 Å². The minimum absolute atomic E-state index is 0. The first kappa shape index (κ1) is 13.1. The Morgan fingerprint density at radius 2 is 1.94 bits per heavy atom. The molecule has 5 heteroatoms. The maximum absolute atomic E-state index is 5.95. The van der Waals surface area contributed by atoms with Crippen molar-refractivity contribution in [2.75, 3.05) is 13.1 Å². The molecule has 0 atom stereocenters. The Morgan fingerprint density at radius 1 is 1.17 bits per heavy atom. The van der Waals surface area contributed by atoms with Crippen molar-refractivity contribution in [3.05, 3.63) is 30.5 Å². The highest BCUT2D eigenvalue weighted by atomic mass is 35.5. The smallest absolute Gasteiger partial charge is 0.241 e. The molecular weight excluding hydrogens is 250 g/mol. The maximum Gasteiger partial charge on any atom is 0.241 e. The molecular formula is C13H16ClN3O. The highest BCUT2D eigenvalue weighted by Crippen LogP contribution is 2.23. The van der Waals surface area contributed by atoms with Crippen LogP contribution in [0.2, 0.25) is 0 Å². The lowest BCUT2D eigenvalue weighted by atomic mass is 10.1. The fraction of sp³-hybridized carbons (Fsp3) is 0.385. The van der Waals surface area contributed by atoms with E-state index in [2.05, 4.69) is 15.5 Å². The molecule has 4 nitrogen and oxygen atoms in total. The first-order valence-corrected chi connectivity index (χ1v) is 6.01. The SMILES string of the molecule is Cl.c1ccc2c(OC3CCNCC3)nncc2c1. The summed E-state index contributed by atoms with van der Waals surface area (Å²) in [6, 6.07) is 8.05. The van der Waals surface area contributed by atoms with Gasteiger partial charge in [-0.05, 0) is 32.0 Å². The number of benzene rings is 1. The molecule has 1 aliphatic heterocycles. The fourth-order valence-electron chi connectivity index (χ4n) is 2.16. The van der Waals surface area contributed by atoms with E-state index in [9.17, 15) is 0 Å². The molecule has 0 radical (unpaired) electrons. The van der Waals surface area contributed by atoms with Crippen LogP contribution in [0.1, 0.15) is 12.8 Å². The van der Waals surface area contributed by atoms with E-state index >= 15 is 0 Å². The van der Waals surface area contributed by atoms with Gasteiger partial charge in [0, 0.05) is 10.8 Å². The van der Waals surface area contributed by atoms with Gasteiger partial charge in [0.2, 0.25) is 5.88 Å². The molecule has 1 aromatic carbocycles. The Kier molecular flexibility index (Phi) is 4.33. The molecule has 2 aromatic rings. The number of rotatable bonds is 2. The zero-order chi connectivity index (χ0) is 11.5. The van der Waals surface area contributed by atoms with Crippen LogP contribution in [-0.2, 0) is 0 Å². The molecule has 0 bridgehead atoms. The van der Waals surface area contributed by atoms with Crippen LogP contribution in [0.15, 0.2) is 30.5 Å². The molecule has 0 spiro atoms. The molecule has 96 valence electrons. The van der Waals surface area contributed by atoms with E-state index in [4.69, 9.17) is 4.74 Å². The van der Waals surface area contributed by atoms with E-state index in [1.807, 2.05) is 24.3 Å². The van der Waals surface area contributed by atoms with Crippen molar-refractivity contribution >= 4 is 23.2 Å². The summed E-state index contributed by atoms with van der Waals surface area (Å²) in [5, 5.41) is 13.5. The van der Waals surface area contributed by atoms with Gasteiger partial charge in [-0.2, -0.15) is 5.10 Å².